The van der Waals surface area contributed by atoms with Crippen LogP contribution in [0.5, 0.6) is 0 Å². The van der Waals surface area contributed by atoms with E-state index in [4.69, 9.17) is 0 Å². The van der Waals surface area contributed by atoms with Gasteiger partial charge in [-0.15, -0.1) is 11.3 Å². The second-order valence-electron chi connectivity index (χ2n) is 5.58. The minimum atomic E-state index is -0.143. The molecule has 0 bridgehead atoms. The molecule has 128 valence electrons. The van der Waals surface area contributed by atoms with Crippen molar-refractivity contribution in [3.8, 4) is 0 Å². The van der Waals surface area contributed by atoms with E-state index >= 15 is 0 Å². The van der Waals surface area contributed by atoms with Crippen molar-refractivity contribution < 1.29 is 9.59 Å². The molecule has 0 fully saturated rings. The van der Waals surface area contributed by atoms with Crippen molar-refractivity contribution in [3.63, 3.8) is 0 Å². The molecule has 0 spiro atoms. The van der Waals surface area contributed by atoms with E-state index in [0.717, 1.165) is 10.2 Å². The maximum atomic E-state index is 12.2. The summed E-state index contributed by atoms with van der Waals surface area (Å²) in [6.45, 7) is 2.74. The molecule has 0 aliphatic carbocycles. The van der Waals surface area contributed by atoms with Gasteiger partial charge in [0.15, 0.2) is 0 Å². The van der Waals surface area contributed by atoms with Gasteiger partial charge in [-0.25, -0.2) is 0 Å². The van der Waals surface area contributed by atoms with Crippen molar-refractivity contribution >= 4 is 39.1 Å². The molecule has 4 nitrogen and oxygen atoms in total. The first kappa shape index (κ1) is 18.7. The van der Waals surface area contributed by atoms with Crippen LogP contribution >= 0.6 is 27.3 Å². The van der Waals surface area contributed by atoms with Gasteiger partial charge < -0.3 is 10.2 Å². The highest BCUT2D eigenvalue weighted by molar-refractivity contribution is 9.11. The average Bonchev–Trinajstić information content (AvgIpc) is 3.02. The Labute approximate surface area is 155 Å². The third-order valence-corrected chi connectivity index (χ3v) is 5.43. The van der Waals surface area contributed by atoms with E-state index in [1.165, 1.54) is 21.8 Å². The molecule has 24 heavy (non-hydrogen) atoms. The standard InChI is InChI=1S/C18H21BrN2O2S/c1-3-13(14-7-5-4-6-8-14)11-20-17(22)12-21(2)18(23)15-9-10-16(19)24-15/h4-10,13H,3,11-12H2,1-2H3,(H,20,22). The molecule has 2 amide bonds. The van der Waals surface area contributed by atoms with Crippen molar-refractivity contribution in [2.75, 3.05) is 20.1 Å². The van der Waals surface area contributed by atoms with Crippen LogP contribution in [0.4, 0.5) is 0 Å². The molecule has 1 N–H and O–H groups in total. The van der Waals surface area contributed by atoms with Gasteiger partial charge in [0.2, 0.25) is 5.91 Å². The number of nitrogens with zero attached hydrogens (tertiary/aromatic N) is 1. The summed E-state index contributed by atoms with van der Waals surface area (Å²) in [5.74, 6) is -0.00351. The number of nitrogens with one attached hydrogen (secondary N) is 1. The molecule has 1 aromatic heterocycles. The number of amides is 2. The Balaban J connectivity index is 1.85. The summed E-state index contributed by atoms with van der Waals surface area (Å²) in [5.41, 5.74) is 1.22. The molecule has 1 heterocycles. The molecular weight excluding hydrogens is 388 g/mol. The summed E-state index contributed by atoms with van der Waals surface area (Å²) >= 11 is 4.70. The van der Waals surface area contributed by atoms with E-state index in [2.05, 4.69) is 40.3 Å². The van der Waals surface area contributed by atoms with Crippen LogP contribution in [0.2, 0.25) is 0 Å². The van der Waals surface area contributed by atoms with Crippen molar-refractivity contribution in [1.29, 1.82) is 0 Å². The van der Waals surface area contributed by atoms with Gasteiger partial charge >= 0.3 is 0 Å². The molecule has 1 atom stereocenters. The molecule has 6 heteroatoms. The summed E-state index contributed by atoms with van der Waals surface area (Å²) in [4.78, 5) is 26.4. The lowest BCUT2D eigenvalue weighted by molar-refractivity contribution is -0.121. The minimum Gasteiger partial charge on any atom is -0.354 e. The lowest BCUT2D eigenvalue weighted by atomic mass is 9.96. The molecule has 0 saturated carbocycles. The van der Waals surface area contributed by atoms with Gasteiger partial charge in [-0.2, -0.15) is 0 Å². The first-order valence-electron chi connectivity index (χ1n) is 7.83. The predicted octanol–water partition coefficient (Wildman–Crippen LogP) is 3.89. The summed E-state index contributed by atoms with van der Waals surface area (Å²) in [6, 6.07) is 13.7. The molecule has 1 unspecified atom stereocenters. The fourth-order valence-corrected chi connectivity index (χ4v) is 3.80. The maximum absolute atomic E-state index is 12.2. The zero-order chi connectivity index (χ0) is 17.5. The largest absolute Gasteiger partial charge is 0.354 e. The van der Waals surface area contributed by atoms with Crippen LogP contribution < -0.4 is 5.32 Å². The number of hydrogen-bond donors (Lipinski definition) is 1. The summed E-state index contributed by atoms with van der Waals surface area (Å²) in [5, 5.41) is 2.94. The Kier molecular flexibility index (Phi) is 6.99. The Hall–Kier alpha value is -1.66. The second kappa shape index (κ2) is 8.99. The van der Waals surface area contributed by atoms with E-state index in [9.17, 15) is 9.59 Å². The van der Waals surface area contributed by atoms with Gasteiger partial charge in [-0.1, -0.05) is 37.3 Å². The highest BCUT2D eigenvalue weighted by atomic mass is 79.9. The van der Waals surface area contributed by atoms with E-state index in [-0.39, 0.29) is 24.3 Å². The van der Waals surface area contributed by atoms with Crippen LogP contribution in [0.25, 0.3) is 0 Å². The Morgan fingerprint density at radius 3 is 2.50 bits per heavy atom. The smallest absolute Gasteiger partial charge is 0.264 e. The predicted molar refractivity (Wildman–Crippen MR) is 101 cm³/mol. The first-order chi connectivity index (χ1) is 11.5. The maximum Gasteiger partial charge on any atom is 0.264 e. The minimum absolute atomic E-state index is 0.0551. The SMILES string of the molecule is CCC(CNC(=O)CN(C)C(=O)c1ccc(Br)s1)c1ccccc1. The summed E-state index contributed by atoms with van der Waals surface area (Å²) in [7, 11) is 1.64. The number of thiophene rings is 1. The fraction of sp³-hybridized carbons (Fsp3) is 0.333. The van der Waals surface area contributed by atoms with E-state index in [0.29, 0.717) is 11.4 Å². The van der Waals surface area contributed by atoms with E-state index in [1.807, 2.05) is 24.3 Å². The molecule has 1 aromatic carbocycles. The monoisotopic (exact) mass is 408 g/mol. The summed E-state index contributed by atoms with van der Waals surface area (Å²) in [6.07, 6.45) is 0.947. The molecule has 0 saturated heterocycles. The van der Waals surface area contributed by atoms with Crippen LogP contribution in [0.3, 0.4) is 0 Å². The molecule has 0 aliphatic rings. The highest BCUT2D eigenvalue weighted by Crippen LogP contribution is 2.23. The highest BCUT2D eigenvalue weighted by Gasteiger charge is 2.17. The average molecular weight is 409 g/mol. The lowest BCUT2D eigenvalue weighted by Gasteiger charge is -2.19. The Morgan fingerprint density at radius 2 is 1.92 bits per heavy atom. The van der Waals surface area contributed by atoms with Gasteiger partial charge in [-0.3, -0.25) is 9.59 Å². The number of carbonyl (C=O) groups excluding carboxylic acids is 2. The normalized spacial score (nSPS) is 11.8. The zero-order valence-corrected chi connectivity index (χ0v) is 16.2. The van der Waals surface area contributed by atoms with Crippen LogP contribution in [0, 0.1) is 0 Å². The van der Waals surface area contributed by atoms with Gasteiger partial charge in [0.05, 0.1) is 15.2 Å². The quantitative estimate of drug-likeness (QED) is 0.754. The third kappa shape index (κ3) is 5.18. The topological polar surface area (TPSA) is 49.4 Å². The number of likely N-dealkylation sites (N-methyl/N-ethyl adjacent to an activating group) is 1. The van der Waals surface area contributed by atoms with Crippen LogP contribution in [-0.4, -0.2) is 36.9 Å². The number of carbonyl (C=O) groups is 2. The van der Waals surface area contributed by atoms with Gasteiger partial charge in [-0.05, 0) is 40.0 Å². The van der Waals surface area contributed by atoms with Crippen LogP contribution in [-0.2, 0) is 4.79 Å². The number of rotatable bonds is 7. The summed E-state index contributed by atoms with van der Waals surface area (Å²) < 4.78 is 0.900. The lowest BCUT2D eigenvalue weighted by Crippen LogP contribution is -2.39. The van der Waals surface area contributed by atoms with E-state index < -0.39 is 0 Å². The molecule has 0 aliphatic heterocycles. The zero-order valence-electron chi connectivity index (χ0n) is 13.8. The number of benzene rings is 1. The van der Waals surface area contributed by atoms with Crippen molar-refractivity contribution in [3.05, 3.63) is 56.7 Å². The fourth-order valence-electron chi connectivity index (χ4n) is 2.42. The van der Waals surface area contributed by atoms with E-state index in [1.54, 1.807) is 13.1 Å². The van der Waals surface area contributed by atoms with Gasteiger partial charge in [0, 0.05) is 19.5 Å². The first-order valence-corrected chi connectivity index (χ1v) is 9.44. The Bertz CT molecular complexity index is 687. The number of halogens is 1. The van der Waals surface area contributed by atoms with Crippen LogP contribution in [0.1, 0.15) is 34.5 Å². The molecular formula is C18H21BrN2O2S. The number of hydrogen-bond acceptors (Lipinski definition) is 3. The second-order valence-corrected chi connectivity index (χ2v) is 8.05. The Morgan fingerprint density at radius 1 is 1.21 bits per heavy atom. The van der Waals surface area contributed by atoms with Crippen molar-refractivity contribution in [2.45, 2.75) is 19.3 Å². The van der Waals surface area contributed by atoms with Crippen molar-refractivity contribution in [2.24, 2.45) is 0 Å². The van der Waals surface area contributed by atoms with Gasteiger partial charge in [0.25, 0.3) is 5.91 Å². The third-order valence-electron chi connectivity index (χ3n) is 3.82. The molecule has 2 aromatic rings. The molecule has 0 radical (unpaired) electrons. The van der Waals surface area contributed by atoms with Gasteiger partial charge in [0.1, 0.15) is 0 Å². The molecule has 2 rings (SSSR count). The van der Waals surface area contributed by atoms with Crippen molar-refractivity contribution in [1.82, 2.24) is 10.2 Å². The van der Waals surface area contributed by atoms with Crippen LogP contribution in [0.15, 0.2) is 46.3 Å².